The first-order chi connectivity index (χ1) is 9.89. The van der Waals surface area contributed by atoms with Gasteiger partial charge in [0.05, 0.1) is 0 Å². The zero-order valence-electron chi connectivity index (χ0n) is 13.5. The number of piperazine rings is 1. The van der Waals surface area contributed by atoms with Crippen LogP contribution in [-0.4, -0.2) is 34.8 Å². The molecule has 118 valence electrons. The van der Waals surface area contributed by atoms with E-state index in [0.717, 1.165) is 25.7 Å². The molecule has 1 aliphatic heterocycles. The summed E-state index contributed by atoms with van der Waals surface area (Å²) in [7, 11) is 0. The summed E-state index contributed by atoms with van der Waals surface area (Å²) in [5, 5.41) is 3.02. The molecule has 2 amide bonds. The molecule has 2 aliphatic carbocycles. The Kier molecular flexibility index (Phi) is 3.74. The Morgan fingerprint density at radius 2 is 1.62 bits per heavy atom. The Morgan fingerprint density at radius 1 is 1.00 bits per heavy atom. The largest absolute Gasteiger partial charge is 0.342 e. The number of amides is 2. The van der Waals surface area contributed by atoms with Crippen molar-refractivity contribution in [1.29, 1.82) is 0 Å². The molecule has 4 nitrogen and oxygen atoms in total. The molecule has 21 heavy (non-hydrogen) atoms. The van der Waals surface area contributed by atoms with Crippen LogP contribution in [0.25, 0.3) is 0 Å². The maximum atomic E-state index is 13.0. The quantitative estimate of drug-likeness (QED) is 0.850. The lowest BCUT2D eigenvalue weighted by Crippen LogP contribution is -2.69. The molecule has 1 N–H and O–H groups in total. The highest BCUT2D eigenvalue weighted by Crippen LogP contribution is 2.39. The molecule has 2 unspecified atom stereocenters. The van der Waals surface area contributed by atoms with Gasteiger partial charge in [-0.2, -0.15) is 0 Å². The van der Waals surface area contributed by atoms with Crippen LogP contribution in [0.4, 0.5) is 0 Å². The number of carbonyl (C=O) groups excluding carboxylic acids is 2. The molecule has 0 spiro atoms. The Morgan fingerprint density at radius 3 is 2.14 bits per heavy atom. The fourth-order valence-corrected chi connectivity index (χ4v) is 4.02. The van der Waals surface area contributed by atoms with Gasteiger partial charge < -0.3 is 10.2 Å². The van der Waals surface area contributed by atoms with Gasteiger partial charge in [0.2, 0.25) is 11.8 Å². The standard InChI is InChI=1S/C17H28N2O2/c1-17(2,3)14-15(20)18-13(11-9-10-11)16(21)19(14)12-7-5-4-6-8-12/h11-14H,4-10H2,1-3H3,(H,18,20). The van der Waals surface area contributed by atoms with Crippen molar-refractivity contribution < 1.29 is 9.59 Å². The second kappa shape index (κ2) is 5.29. The molecule has 0 aromatic carbocycles. The van der Waals surface area contributed by atoms with Crippen LogP contribution in [0.2, 0.25) is 0 Å². The number of rotatable bonds is 2. The molecule has 3 aliphatic rings. The van der Waals surface area contributed by atoms with Crippen molar-refractivity contribution in [2.75, 3.05) is 0 Å². The van der Waals surface area contributed by atoms with Gasteiger partial charge >= 0.3 is 0 Å². The van der Waals surface area contributed by atoms with E-state index in [-0.39, 0.29) is 35.4 Å². The fraction of sp³-hybridized carbons (Fsp3) is 0.882. The van der Waals surface area contributed by atoms with Gasteiger partial charge in [-0.05, 0) is 37.0 Å². The predicted molar refractivity (Wildman–Crippen MR) is 81.6 cm³/mol. The number of nitrogens with one attached hydrogen (secondary N) is 1. The first kappa shape index (κ1) is 14.9. The van der Waals surface area contributed by atoms with Crippen LogP contribution in [0.1, 0.15) is 65.7 Å². The van der Waals surface area contributed by atoms with Crippen LogP contribution in [0.15, 0.2) is 0 Å². The summed E-state index contributed by atoms with van der Waals surface area (Å²) in [6.45, 7) is 6.20. The molecule has 4 heteroatoms. The lowest BCUT2D eigenvalue weighted by Gasteiger charge is -2.49. The zero-order chi connectivity index (χ0) is 15.2. The van der Waals surface area contributed by atoms with E-state index < -0.39 is 0 Å². The van der Waals surface area contributed by atoms with Crippen molar-refractivity contribution in [2.24, 2.45) is 11.3 Å². The highest BCUT2D eigenvalue weighted by Gasteiger charge is 2.52. The van der Waals surface area contributed by atoms with Gasteiger partial charge in [-0.3, -0.25) is 9.59 Å². The number of hydrogen-bond donors (Lipinski definition) is 1. The summed E-state index contributed by atoms with van der Waals surface area (Å²) in [5.74, 6) is 0.627. The van der Waals surface area contributed by atoms with Crippen molar-refractivity contribution in [2.45, 2.75) is 83.8 Å². The molecule has 1 heterocycles. The lowest BCUT2D eigenvalue weighted by atomic mass is 9.80. The SMILES string of the molecule is CC(C)(C)C1C(=O)NC(C2CC2)C(=O)N1C1CCCCC1. The van der Waals surface area contributed by atoms with Gasteiger partial charge in [-0.15, -0.1) is 0 Å². The molecule has 0 aromatic rings. The van der Waals surface area contributed by atoms with Crippen molar-refractivity contribution in [3.05, 3.63) is 0 Å². The van der Waals surface area contributed by atoms with Crippen LogP contribution in [-0.2, 0) is 9.59 Å². The van der Waals surface area contributed by atoms with Crippen molar-refractivity contribution in [3.8, 4) is 0 Å². The van der Waals surface area contributed by atoms with Gasteiger partial charge in [-0.25, -0.2) is 0 Å². The average molecular weight is 292 g/mol. The summed E-state index contributed by atoms with van der Waals surface area (Å²) in [4.78, 5) is 27.7. The minimum atomic E-state index is -0.317. The van der Waals surface area contributed by atoms with E-state index in [1.165, 1.54) is 19.3 Å². The summed E-state index contributed by atoms with van der Waals surface area (Å²) in [5.41, 5.74) is -0.217. The average Bonchev–Trinajstić information content (AvgIpc) is 3.24. The highest BCUT2D eigenvalue weighted by atomic mass is 16.2. The Balaban J connectivity index is 1.90. The first-order valence-corrected chi connectivity index (χ1v) is 8.52. The van der Waals surface area contributed by atoms with E-state index in [0.29, 0.717) is 5.92 Å². The van der Waals surface area contributed by atoms with Gasteiger partial charge in [0.1, 0.15) is 12.1 Å². The normalized spacial score (nSPS) is 32.2. The third-order valence-corrected chi connectivity index (χ3v) is 5.23. The summed E-state index contributed by atoms with van der Waals surface area (Å²) < 4.78 is 0. The molecular formula is C17H28N2O2. The molecule has 2 saturated carbocycles. The molecule has 2 atom stereocenters. The molecule has 3 fully saturated rings. The van der Waals surface area contributed by atoms with E-state index in [4.69, 9.17) is 0 Å². The molecule has 0 bridgehead atoms. The van der Waals surface area contributed by atoms with Crippen LogP contribution in [0.3, 0.4) is 0 Å². The first-order valence-electron chi connectivity index (χ1n) is 8.52. The number of hydrogen-bond acceptors (Lipinski definition) is 2. The molecule has 3 rings (SSSR count). The zero-order valence-corrected chi connectivity index (χ0v) is 13.5. The monoisotopic (exact) mass is 292 g/mol. The fourth-order valence-electron chi connectivity index (χ4n) is 4.02. The summed E-state index contributed by atoms with van der Waals surface area (Å²) >= 11 is 0. The van der Waals surface area contributed by atoms with E-state index in [2.05, 4.69) is 26.1 Å². The van der Waals surface area contributed by atoms with Gasteiger partial charge in [0.15, 0.2) is 0 Å². The van der Waals surface area contributed by atoms with Gasteiger partial charge in [0, 0.05) is 6.04 Å². The molecular weight excluding hydrogens is 264 g/mol. The van der Waals surface area contributed by atoms with E-state index in [1.807, 2.05) is 4.90 Å². The van der Waals surface area contributed by atoms with Crippen molar-refractivity contribution >= 4 is 11.8 Å². The minimum Gasteiger partial charge on any atom is -0.342 e. The second-order valence-corrected chi connectivity index (χ2v) is 8.13. The molecule has 1 saturated heterocycles. The lowest BCUT2D eigenvalue weighted by molar-refractivity contribution is -0.158. The van der Waals surface area contributed by atoms with E-state index >= 15 is 0 Å². The van der Waals surface area contributed by atoms with Gasteiger partial charge in [-0.1, -0.05) is 40.0 Å². The van der Waals surface area contributed by atoms with Gasteiger partial charge in [0.25, 0.3) is 0 Å². The smallest absolute Gasteiger partial charge is 0.246 e. The van der Waals surface area contributed by atoms with Crippen LogP contribution in [0.5, 0.6) is 0 Å². The number of nitrogens with zero attached hydrogens (tertiary/aromatic N) is 1. The van der Waals surface area contributed by atoms with Crippen LogP contribution in [0, 0.1) is 11.3 Å². The summed E-state index contributed by atoms with van der Waals surface area (Å²) in [6, 6.07) is -0.302. The summed E-state index contributed by atoms with van der Waals surface area (Å²) in [6.07, 6.45) is 7.90. The Bertz CT molecular complexity index is 431. The van der Waals surface area contributed by atoms with Crippen LogP contribution >= 0.6 is 0 Å². The highest BCUT2D eigenvalue weighted by molar-refractivity contribution is 5.98. The van der Waals surface area contributed by atoms with Crippen molar-refractivity contribution in [3.63, 3.8) is 0 Å². The molecule has 0 aromatic heterocycles. The third kappa shape index (κ3) is 2.82. The van der Waals surface area contributed by atoms with Crippen molar-refractivity contribution in [1.82, 2.24) is 10.2 Å². The van der Waals surface area contributed by atoms with E-state index in [1.54, 1.807) is 0 Å². The molecule has 0 radical (unpaired) electrons. The topological polar surface area (TPSA) is 49.4 Å². The maximum Gasteiger partial charge on any atom is 0.246 e. The van der Waals surface area contributed by atoms with E-state index in [9.17, 15) is 9.59 Å². The van der Waals surface area contributed by atoms with Crippen LogP contribution < -0.4 is 5.32 Å². The third-order valence-electron chi connectivity index (χ3n) is 5.23. The maximum absolute atomic E-state index is 13.0. The predicted octanol–water partition coefficient (Wildman–Crippen LogP) is 2.47. The Hall–Kier alpha value is -1.06. The second-order valence-electron chi connectivity index (χ2n) is 8.13. The minimum absolute atomic E-state index is 0.0598. The Labute approximate surface area is 127 Å². The number of carbonyl (C=O) groups is 2.